The van der Waals surface area contributed by atoms with Gasteiger partial charge in [0.2, 0.25) is 0 Å². The van der Waals surface area contributed by atoms with E-state index in [1.165, 1.54) is 44.1 Å². The third-order valence-corrected chi connectivity index (χ3v) is 4.26. The number of nitrogens with one attached hydrogen (secondary N) is 1. The third-order valence-electron chi connectivity index (χ3n) is 3.76. The molecule has 114 valence electrons. The van der Waals surface area contributed by atoms with Crippen molar-refractivity contribution in [3.05, 3.63) is 28.2 Å². The van der Waals surface area contributed by atoms with Crippen LogP contribution in [0.15, 0.2) is 22.7 Å². The first kappa shape index (κ1) is 17.5. The molecule has 0 heterocycles. The highest BCUT2D eigenvalue weighted by molar-refractivity contribution is 9.10. The van der Waals surface area contributed by atoms with Gasteiger partial charge in [0.1, 0.15) is 5.75 Å². The Hall–Kier alpha value is -0.540. The quantitative estimate of drug-likeness (QED) is 0.569. The van der Waals surface area contributed by atoms with Gasteiger partial charge in [0.25, 0.3) is 0 Å². The molecular formula is C17H28BrNO. The van der Waals surface area contributed by atoms with Crippen molar-refractivity contribution < 1.29 is 4.74 Å². The van der Waals surface area contributed by atoms with Crippen LogP contribution in [0.2, 0.25) is 0 Å². The number of methoxy groups -OCH3 is 1. The molecule has 0 aliphatic heterocycles. The molecular weight excluding hydrogens is 314 g/mol. The molecule has 1 aromatic carbocycles. The zero-order chi connectivity index (χ0) is 14.8. The van der Waals surface area contributed by atoms with E-state index >= 15 is 0 Å². The van der Waals surface area contributed by atoms with Crippen LogP contribution in [0.3, 0.4) is 0 Å². The number of benzene rings is 1. The Labute approximate surface area is 132 Å². The predicted octanol–water partition coefficient (Wildman–Crippen LogP) is 5.47. The number of halogens is 1. The smallest absolute Gasteiger partial charge is 0.123 e. The molecule has 2 nitrogen and oxygen atoms in total. The molecule has 0 spiro atoms. The lowest BCUT2D eigenvalue weighted by atomic mass is 9.99. The number of hydrogen-bond acceptors (Lipinski definition) is 2. The van der Waals surface area contributed by atoms with E-state index in [1.54, 1.807) is 7.11 Å². The van der Waals surface area contributed by atoms with Crippen LogP contribution in [-0.4, -0.2) is 14.2 Å². The van der Waals surface area contributed by atoms with Crippen LogP contribution in [0, 0.1) is 0 Å². The van der Waals surface area contributed by atoms with Crippen molar-refractivity contribution in [2.45, 2.75) is 57.9 Å². The Morgan fingerprint density at radius 1 is 1.15 bits per heavy atom. The maximum Gasteiger partial charge on any atom is 0.123 e. The minimum Gasteiger partial charge on any atom is -0.496 e. The molecule has 0 saturated carbocycles. The number of unbranched alkanes of at least 4 members (excludes halogenated alkanes) is 5. The van der Waals surface area contributed by atoms with Crippen LogP contribution in [0.4, 0.5) is 0 Å². The fourth-order valence-electron chi connectivity index (χ4n) is 2.56. The van der Waals surface area contributed by atoms with Crippen molar-refractivity contribution in [1.82, 2.24) is 5.32 Å². The van der Waals surface area contributed by atoms with E-state index in [1.807, 2.05) is 19.2 Å². The van der Waals surface area contributed by atoms with Crippen LogP contribution in [0.25, 0.3) is 0 Å². The van der Waals surface area contributed by atoms with E-state index in [-0.39, 0.29) is 0 Å². The largest absolute Gasteiger partial charge is 0.496 e. The van der Waals surface area contributed by atoms with E-state index in [9.17, 15) is 0 Å². The van der Waals surface area contributed by atoms with E-state index < -0.39 is 0 Å². The summed E-state index contributed by atoms with van der Waals surface area (Å²) in [7, 11) is 3.77. The first-order valence-electron chi connectivity index (χ1n) is 7.73. The second-order valence-electron chi connectivity index (χ2n) is 5.28. The molecule has 0 saturated heterocycles. The Morgan fingerprint density at radius 2 is 1.85 bits per heavy atom. The Bertz CT molecular complexity index is 381. The summed E-state index contributed by atoms with van der Waals surface area (Å²) in [6.45, 7) is 2.26. The molecule has 0 amide bonds. The Kier molecular flexibility index (Phi) is 8.95. The van der Waals surface area contributed by atoms with E-state index in [0.29, 0.717) is 6.04 Å². The van der Waals surface area contributed by atoms with Gasteiger partial charge in [0.05, 0.1) is 7.11 Å². The van der Waals surface area contributed by atoms with Crippen LogP contribution in [-0.2, 0) is 0 Å². The molecule has 0 radical (unpaired) electrons. The standard InChI is InChI=1S/C17H28BrNO/c1-4-5-6-7-8-9-10-16(19-2)15-13-14(18)11-12-17(15)20-3/h11-13,16,19H,4-10H2,1-3H3. The summed E-state index contributed by atoms with van der Waals surface area (Å²) in [6.07, 6.45) is 9.18. The summed E-state index contributed by atoms with van der Waals surface area (Å²) in [5, 5.41) is 3.42. The second-order valence-corrected chi connectivity index (χ2v) is 6.20. The van der Waals surface area contributed by atoms with Crippen LogP contribution >= 0.6 is 15.9 Å². The molecule has 20 heavy (non-hydrogen) atoms. The van der Waals surface area contributed by atoms with Crippen molar-refractivity contribution in [2.75, 3.05) is 14.2 Å². The SMILES string of the molecule is CCCCCCCCC(NC)c1cc(Br)ccc1OC. The first-order valence-corrected chi connectivity index (χ1v) is 8.53. The number of hydrogen-bond donors (Lipinski definition) is 1. The van der Waals surface area contributed by atoms with Gasteiger partial charge in [-0.3, -0.25) is 0 Å². The lowest BCUT2D eigenvalue weighted by Gasteiger charge is -2.19. The number of ether oxygens (including phenoxy) is 1. The molecule has 1 aromatic rings. The van der Waals surface area contributed by atoms with Crippen LogP contribution in [0.1, 0.15) is 63.5 Å². The highest BCUT2D eigenvalue weighted by atomic mass is 79.9. The average molecular weight is 342 g/mol. The monoisotopic (exact) mass is 341 g/mol. The lowest BCUT2D eigenvalue weighted by Crippen LogP contribution is -2.17. The molecule has 1 atom stereocenters. The molecule has 0 bridgehead atoms. The summed E-state index contributed by atoms with van der Waals surface area (Å²) in [4.78, 5) is 0. The van der Waals surface area contributed by atoms with Gasteiger partial charge < -0.3 is 10.1 Å². The lowest BCUT2D eigenvalue weighted by molar-refractivity contribution is 0.396. The van der Waals surface area contributed by atoms with Crippen molar-refractivity contribution in [3.8, 4) is 5.75 Å². The minimum absolute atomic E-state index is 0.369. The first-order chi connectivity index (χ1) is 9.72. The van der Waals surface area contributed by atoms with E-state index in [0.717, 1.165) is 16.6 Å². The summed E-state index contributed by atoms with van der Waals surface area (Å²) >= 11 is 3.55. The molecule has 0 aliphatic rings. The summed E-state index contributed by atoms with van der Waals surface area (Å²) in [5.74, 6) is 0.971. The van der Waals surface area contributed by atoms with Gasteiger partial charge in [0.15, 0.2) is 0 Å². The normalized spacial score (nSPS) is 12.4. The maximum absolute atomic E-state index is 5.48. The highest BCUT2D eigenvalue weighted by Gasteiger charge is 2.14. The topological polar surface area (TPSA) is 21.3 Å². The Morgan fingerprint density at radius 3 is 2.50 bits per heavy atom. The molecule has 1 rings (SSSR count). The molecule has 0 aliphatic carbocycles. The fourth-order valence-corrected chi connectivity index (χ4v) is 2.94. The predicted molar refractivity (Wildman–Crippen MR) is 90.5 cm³/mol. The molecule has 0 aromatic heterocycles. The van der Waals surface area contributed by atoms with Gasteiger partial charge in [-0.2, -0.15) is 0 Å². The summed E-state index contributed by atoms with van der Waals surface area (Å²) < 4.78 is 6.59. The van der Waals surface area contributed by atoms with Crippen molar-refractivity contribution in [2.24, 2.45) is 0 Å². The van der Waals surface area contributed by atoms with Gasteiger partial charge in [-0.15, -0.1) is 0 Å². The summed E-state index contributed by atoms with van der Waals surface area (Å²) in [6, 6.07) is 6.59. The zero-order valence-electron chi connectivity index (χ0n) is 13.0. The molecule has 0 fully saturated rings. The Balaban J connectivity index is 2.51. The van der Waals surface area contributed by atoms with E-state index in [4.69, 9.17) is 4.74 Å². The van der Waals surface area contributed by atoms with Crippen molar-refractivity contribution in [3.63, 3.8) is 0 Å². The zero-order valence-corrected chi connectivity index (χ0v) is 14.6. The second kappa shape index (κ2) is 10.2. The minimum atomic E-state index is 0.369. The maximum atomic E-state index is 5.48. The van der Waals surface area contributed by atoms with Gasteiger partial charge in [-0.25, -0.2) is 0 Å². The van der Waals surface area contributed by atoms with Crippen LogP contribution in [0.5, 0.6) is 5.75 Å². The van der Waals surface area contributed by atoms with E-state index in [2.05, 4.69) is 34.2 Å². The average Bonchev–Trinajstić information content (AvgIpc) is 2.46. The molecule has 1 N–H and O–H groups in total. The van der Waals surface area contributed by atoms with Crippen molar-refractivity contribution in [1.29, 1.82) is 0 Å². The molecule has 3 heteroatoms. The van der Waals surface area contributed by atoms with Crippen LogP contribution < -0.4 is 10.1 Å². The fraction of sp³-hybridized carbons (Fsp3) is 0.647. The van der Waals surface area contributed by atoms with Gasteiger partial charge in [-0.05, 0) is 31.7 Å². The number of rotatable bonds is 10. The summed E-state index contributed by atoms with van der Waals surface area (Å²) in [5.41, 5.74) is 1.25. The molecule has 1 unspecified atom stereocenters. The van der Waals surface area contributed by atoms with Crippen molar-refractivity contribution >= 4 is 15.9 Å². The van der Waals surface area contributed by atoms with Gasteiger partial charge in [0, 0.05) is 16.1 Å². The van der Waals surface area contributed by atoms with Gasteiger partial charge >= 0.3 is 0 Å². The highest BCUT2D eigenvalue weighted by Crippen LogP contribution is 2.31. The van der Waals surface area contributed by atoms with Gasteiger partial charge in [-0.1, -0.05) is 61.4 Å². The third kappa shape index (κ3) is 5.84.